The Balaban J connectivity index is 2.22. The SMILES string of the molecule is CCCNC(=O)[C@H](CC)N(Cc1ccccc1Cl)C(=O)COc1ccc(CC)cc1Br. The van der Waals surface area contributed by atoms with Crippen LogP contribution in [0.4, 0.5) is 0 Å². The molecule has 0 heterocycles. The fourth-order valence-corrected chi connectivity index (χ4v) is 3.94. The summed E-state index contributed by atoms with van der Waals surface area (Å²) in [6.07, 6.45) is 2.22. The van der Waals surface area contributed by atoms with Gasteiger partial charge in [-0.1, -0.05) is 56.6 Å². The second-order valence-electron chi connectivity index (χ2n) is 7.24. The second kappa shape index (κ2) is 12.7. The van der Waals surface area contributed by atoms with Crippen molar-refractivity contribution in [2.24, 2.45) is 0 Å². The topological polar surface area (TPSA) is 58.6 Å². The number of aryl methyl sites for hydroxylation is 1. The Hall–Kier alpha value is -2.05. The van der Waals surface area contributed by atoms with Crippen LogP contribution in [-0.4, -0.2) is 35.9 Å². The molecule has 1 N–H and O–H groups in total. The number of nitrogens with zero attached hydrogens (tertiary/aromatic N) is 1. The first-order valence-corrected chi connectivity index (χ1v) is 11.8. The minimum absolute atomic E-state index is 0.168. The molecule has 0 aromatic heterocycles. The van der Waals surface area contributed by atoms with Crippen LogP contribution in [0.15, 0.2) is 46.9 Å². The van der Waals surface area contributed by atoms with Crippen LogP contribution in [0, 0.1) is 0 Å². The molecule has 31 heavy (non-hydrogen) atoms. The van der Waals surface area contributed by atoms with Gasteiger partial charge in [0, 0.05) is 18.1 Å². The predicted molar refractivity (Wildman–Crippen MR) is 128 cm³/mol. The third-order valence-electron chi connectivity index (χ3n) is 4.99. The molecule has 168 valence electrons. The lowest BCUT2D eigenvalue weighted by Gasteiger charge is -2.31. The van der Waals surface area contributed by atoms with Gasteiger partial charge < -0.3 is 15.0 Å². The van der Waals surface area contributed by atoms with Crippen LogP contribution in [0.2, 0.25) is 5.02 Å². The molecule has 0 radical (unpaired) electrons. The number of hydrogen-bond donors (Lipinski definition) is 1. The van der Waals surface area contributed by atoms with Gasteiger partial charge in [0.15, 0.2) is 6.61 Å². The zero-order valence-corrected chi connectivity index (χ0v) is 20.6. The van der Waals surface area contributed by atoms with Gasteiger partial charge in [0.2, 0.25) is 5.91 Å². The Morgan fingerprint density at radius 3 is 2.52 bits per heavy atom. The Kier molecular flexibility index (Phi) is 10.3. The average molecular weight is 510 g/mol. The maximum Gasteiger partial charge on any atom is 0.261 e. The molecular weight excluding hydrogens is 480 g/mol. The van der Waals surface area contributed by atoms with Crippen LogP contribution in [0.3, 0.4) is 0 Å². The van der Waals surface area contributed by atoms with Gasteiger partial charge in [-0.25, -0.2) is 0 Å². The van der Waals surface area contributed by atoms with E-state index in [2.05, 4.69) is 28.2 Å². The summed E-state index contributed by atoms with van der Waals surface area (Å²) in [7, 11) is 0. The van der Waals surface area contributed by atoms with Crippen LogP contribution in [0.5, 0.6) is 5.75 Å². The molecule has 0 aliphatic heterocycles. The summed E-state index contributed by atoms with van der Waals surface area (Å²) in [4.78, 5) is 27.5. The van der Waals surface area contributed by atoms with Crippen molar-refractivity contribution in [2.75, 3.05) is 13.2 Å². The van der Waals surface area contributed by atoms with Gasteiger partial charge in [-0.15, -0.1) is 0 Å². The van der Waals surface area contributed by atoms with Gasteiger partial charge in [0.25, 0.3) is 5.91 Å². The third kappa shape index (κ3) is 7.25. The zero-order valence-electron chi connectivity index (χ0n) is 18.3. The van der Waals surface area contributed by atoms with E-state index in [1.165, 1.54) is 5.56 Å². The monoisotopic (exact) mass is 508 g/mol. The Morgan fingerprint density at radius 1 is 1.16 bits per heavy atom. The van der Waals surface area contributed by atoms with Crippen molar-refractivity contribution in [2.45, 2.75) is 52.6 Å². The van der Waals surface area contributed by atoms with E-state index >= 15 is 0 Å². The first-order chi connectivity index (χ1) is 14.9. The minimum Gasteiger partial charge on any atom is -0.483 e. The highest BCUT2D eigenvalue weighted by Crippen LogP contribution is 2.27. The van der Waals surface area contributed by atoms with E-state index in [0.717, 1.165) is 22.9 Å². The van der Waals surface area contributed by atoms with Crippen molar-refractivity contribution in [3.8, 4) is 5.75 Å². The van der Waals surface area contributed by atoms with Crippen molar-refractivity contribution in [3.63, 3.8) is 0 Å². The largest absolute Gasteiger partial charge is 0.483 e. The molecular formula is C24H30BrClN2O3. The van der Waals surface area contributed by atoms with E-state index in [1.54, 1.807) is 11.0 Å². The number of halogens is 2. The van der Waals surface area contributed by atoms with Crippen molar-refractivity contribution in [1.29, 1.82) is 0 Å². The molecule has 0 spiro atoms. The van der Waals surface area contributed by atoms with E-state index in [1.807, 2.05) is 50.2 Å². The Bertz CT molecular complexity index is 891. The van der Waals surface area contributed by atoms with Crippen LogP contribution in [0.25, 0.3) is 0 Å². The first kappa shape index (κ1) is 25.2. The predicted octanol–water partition coefficient (Wildman–Crippen LogP) is 5.38. The van der Waals surface area contributed by atoms with E-state index in [4.69, 9.17) is 16.3 Å². The fourth-order valence-electron chi connectivity index (χ4n) is 3.20. The summed E-state index contributed by atoms with van der Waals surface area (Å²) in [6, 6.07) is 12.5. The smallest absolute Gasteiger partial charge is 0.261 e. The van der Waals surface area contributed by atoms with Gasteiger partial charge in [-0.3, -0.25) is 9.59 Å². The molecule has 0 saturated heterocycles. The van der Waals surface area contributed by atoms with Crippen LogP contribution in [-0.2, 0) is 22.6 Å². The number of benzene rings is 2. The number of nitrogens with one attached hydrogen (secondary N) is 1. The van der Waals surface area contributed by atoms with Crippen LogP contribution in [0.1, 0.15) is 44.7 Å². The maximum atomic E-state index is 13.2. The Labute approximate surface area is 198 Å². The summed E-state index contributed by atoms with van der Waals surface area (Å²) in [6.45, 7) is 6.58. The van der Waals surface area contributed by atoms with Crippen LogP contribution < -0.4 is 10.1 Å². The lowest BCUT2D eigenvalue weighted by Crippen LogP contribution is -2.50. The first-order valence-electron chi connectivity index (χ1n) is 10.6. The van der Waals surface area contributed by atoms with Gasteiger partial charge >= 0.3 is 0 Å². The lowest BCUT2D eigenvalue weighted by atomic mass is 10.1. The zero-order chi connectivity index (χ0) is 22.8. The summed E-state index contributed by atoms with van der Waals surface area (Å²) < 4.78 is 6.60. The second-order valence-corrected chi connectivity index (χ2v) is 8.50. The average Bonchev–Trinajstić information content (AvgIpc) is 2.77. The van der Waals surface area contributed by atoms with E-state index < -0.39 is 6.04 Å². The molecule has 2 aromatic rings. The van der Waals surface area contributed by atoms with E-state index in [9.17, 15) is 9.59 Å². The van der Waals surface area contributed by atoms with Gasteiger partial charge in [0.05, 0.1) is 4.47 Å². The number of carbonyl (C=O) groups is 2. The molecule has 0 aliphatic rings. The molecule has 0 aliphatic carbocycles. The number of carbonyl (C=O) groups excluding carboxylic acids is 2. The molecule has 2 amide bonds. The minimum atomic E-state index is -0.607. The highest BCUT2D eigenvalue weighted by molar-refractivity contribution is 9.10. The molecule has 7 heteroatoms. The van der Waals surface area contributed by atoms with E-state index in [0.29, 0.717) is 23.7 Å². The molecule has 0 bridgehead atoms. The van der Waals surface area contributed by atoms with Crippen molar-refractivity contribution in [1.82, 2.24) is 10.2 Å². The molecule has 0 saturated carbocycles. The highest BCUT2D eigenvalue weighted by atomic mass is 79.9. The summed E-state index contributed by atoms with van der Waals surface area (Å²) >= 11 is 9.83. The number of ether oxygens (including phenoxy) is 1. The van der Waals surface area contributed by atoms with Gasteiger partial charge in [0.1, 0.15) is 11.8 Å². The quantitative estimate of drug-likeness (QED) is 0.443. The van der Waals surface area contributed by atoms with Crippen LogP contribution >= 0.6 is 27.5 Å². The third-order valence-corrected chi connectivity index (χ3v) is 5.98. The Morgan fingerprint density at radius 2 is 1.90 bits per heavy atom. The fraction of sp³-hybridized carbons (Fsp3) is 0.417. The normalized spacial score (nSPS) is 11.6. The van der Waals surface area contributed by atoms with Crippen molar-refractivity contribution in [3.05, 3.63) is 63.1 Å². The van der Waals surface area contributed by atoms with Crippen molar-refractivity contribution < 1.29 is 14.3 Å². The summed E-state index contributed by atoms with van der Waals surface area (Å²) in [5.41, 5.74) is 1.96. The number of rotatable bonds is 11. The molecule has 2 rings (SSSR count). The molecule has 1 atom stereocenters. The van der Waals surface area contributed by atoms with Gasteiger partial charge in [-0.2, -0.15) is 0 Å². The number of hydrogen-bond acceptors (Lipinski definition) is 3. The summed E-state index contributed by atoms with van der Waals surface area (Å²) in [5.74, 6) is 0.148. The standard InChI is InChI=1S/C24H30BrClN2O3/c1-4-13-27-24(30)21(6-3)28(15-18-9-7-8-10-20(18)26)23(29)16-31-22-12-11-17(5-2)14-19(22)25/h7-12,14,21H,4-6,13,15-16H2,1-3H3,(H,27,30)/t21-/m0/s1. The van der Waals surface area contributed by atoms with Gasteiger partial charge in [-0.05, 0) is 64.5 Å². The number of amides is 2. The maximum absolute atomic E-state index is 13.2. The lowest BCUT2D eigenvalue weighted by molar-refractivity contribution is -0.143. The molecule has 0 fully saturated rings. The molecule has 2 aromatic carbocycles. The van der Waals surface area contributed by atoms with Crippen molar-refractivity contribution >= 4 is 39.3 Å². The van der Waals surface area contributed by atoms with E-state index in [-0.39, 0.29) is 25.0 Å². The molecule has 0 unspecified atom stereocenters. The highest BCUT2D eigenvalue weighted by Gasteiger charge is 2.29. The molecule has 5 nitrogen and oxygen atoms in total. The summed E-state index contributed by atoms with van der Waals surface area (Å²) in [5, 5.41) is 3.46.